The van der Waals surface area contributed by atoms with Crippen molar-refractivity contribution in [2.45, 2.75) is 0 Å². The number of imidazole rings is 1. The molecular weight excluding hydrogens is 302 g/mol. The van der Waals surface area contributed by atoms with E-state index in [1.54, 1.807) is 7.11 Å². The Kier molecular flexibility index (Phi) is 3.39. The quantitative estimate of drug-likeness (QED) is 0.430. The standard InChI is InChI=1S/C19H15N3O2/c1-24-17-5-3-16(4-6-17)22-13-20-18-7-2-15(12-19(18)22)14-8-10-21(23)11-9-14/h2-13H,1H3. The molecule has 118 valence electrons. The minimum absolute atomic E-state index is 0.781. The molecule has 2 aromatic heterocycles. The highest BCUT2D eigenvalue weighted by Crippen LogP contribution is 2.26. The zero-order valence-electron chi connectivity index (χ0n) is 13.1. The lowest BCUT2D eigenvalue weighted by Gasteiger charge is -2.07. The zero-order chi connectivity index (χ0) is 16.5. The molecule has 4 rings (SSSR count). The van der Waals surface area contributed by atoms with Crippen LogP contribution in [0.3, 0.4) is 0 Å². The maximum Gasteiger partial charge on any atom is 0.180 e. The minimum atomic E-state index is 0.781. The molecule has 0 bridgehead atoms. The van der Waals surface area contributed by atoms with Crippen molar-refractivity contribution in [1.82, 2.24) is 9.55 Å². The number of fused-ring (bicyclic) bond motifs is 1. The average Bonchev–Trinajstić information content (AvgIpc) is 3.05. The fraction of sp³-hybridized carbons (Fsp3) is 0.0526. The number of aromatic nitrogens is 3. The number of hydrogen-bond donors (Lipinski definition) is 0. The second-order valence-corrected chi connectivity index (χ2v) is 5.46. The highest BCUT2D eigenvalue weighted by atomic mass is 16.5. The van der Waals surface area contributed by atoms with E-state index in [1.165, 1.54) is 12.4 Å². The lowest BCUT2D eigenvalue weighted by molar-refractivity contribution is -0.605. The van der Waals surface area contributed by atoms with Gasteiger partial charge in [-0.15, -0.1) is 0 Å². The van der Waals surface area contributed by atoms with Gasteiger partial charge in [-0.3, -0.25) is 4.57 Å². The highest BCUT2D eigenvalue weighted by Gasteiger charge is 2.08. The van der Waals surface area contributed by atoms with Crippen molar-refractivity contribution >= 4 is 11.0 Å². The smallest absolute Gasteiger partial charge is 0.180 e. The van der Waals surface area contributed by atoms with Crippen LogP contribution in [0.25, 0.3) is 27.8 Å². The minimum Gasteiger partial charge on any atom is -0.619 e. The van der Waals surface area contributed by atoms with Crippen LogP contribution in [-0.4, -0.2) is 16.7 Å². The number of rotatable bonds is 3. The molecule has 0 aliphatic heterocycles. The third-order valence-electron chi connectivity index (χ3n) is 4.03. The van der Waals surface area contributed by atoms with Crippen molar-refractivity contribution in [3.63, 3.8) is 0 Å². The number of benzene rings is 2. The number of hydrogen-bond acceptors (Lipinski definition) is 3. The van der Waals surface area contributed by atoms with Crippen molar-refractivity contribution < 1.29 is 9.47 Å². The van der Waals surface area contributed by atoms with Crippen molar-refractivity contribution in [1.29, 1.82) is 0 Å². The molecule has 0 aliphatic rings. The van der Waals surface area contributed by atoms with Crippen molar-refractivity contribution in [2.75, 3.05) is 7.11 Å². The Labute approximate surface area is 139 Å². The van der Waals surface area contributed by atoms with Gasteiger partial charge in [0.05, 0.1) is 18.1 Å². The summed E-state index contributed by atoms with van der Waals surface area (Å²) < 4.78 is 8.03. The average molecular weight is 317 g/mol. The third kappa shape index (κ3) is 2.46. The third-order valence-corrected chi connectivity index (χ3v) is 4.03. The molecule has 0 saturated heterocycles. The monoisotopic (exact) mass is 317 g/mol. The Hall–Kier alpha value is -3.34. The molecule has 0 radical (unpaired) electrons. The van der Waals surface area contributed by atoms with Gasteiger partial charge in [-0.25, -0.2) is 4.98 Å². The molecule has 0 spiro atoms. The van der Waals surface area contributed by atoms with Crippen LogP contribution in [0.5, 0.6) is 5.75 Å². The van der Waals surface area contributed by atoms with Crippen LogP contribution in [-0.2, 0) is 0 Å². The van der Waals surface area contributed by atoms with Crippen LogP contribution in [0.4, 0.5) is 0 Å². The lowest BCUT2D eigenvalue weighted by atomic mass is 10.1. The topological polar surface area (TPSA) is 54.0 Å². The van der Waals surface area contributed by atoms with E-state index >= 15 is 0 Å². The number of pyridine rings is 1. The molecule has 0 unspecified atom stereocenters. The molecule has 24 heavy (non-hydrogen) atoms. The number of methoxy groups -OCH3 is 1. The summed E-state index contributed by atoms with van der Waals surface area (Å²) in [6, 6.07) is 17.5. The van der Waals surface area contributed by atoms with Gasteiger partial charge in [-0.1, -0.05) is 6.07 Å². The normalized spacial score (nSPS) is 10.9. The molecule has 0 aliphatic carbocycles. The summed E-state index contributed by atoms with van der Waals surface area (Å²) >= 11 is 0. The molecule has 5 heteroatoms. The Balaban J connectivity index is 1.82. The Morgan fingerprint density at radius 1 is 0.958 bits per heavy atom. The van der Waals surface area contributed by atoms with Crippen LogP contribution < -0.4 is 9.47 Å². The van der Waals surface area contributed by atoms with Crippen molar-refractivity contribution in [3.05, 3.63) is 78.5 Å². The summed E-state index contributed by atoms with van der Waals surface area (Å²) in [6.07, 6.45) is 4.81. The summed E-state index contributed by atoms with van der Waals surface area (Å²) in [7, 11) is 1.65. The van der Waals surface area contributed by atoms with Crippen LogP contribution in [0.15, 0.2) is 73.3 Å². The van der Waals surface area contributed by atoms with E-state index in [-0.39, 0.29) is 0 Å². The molecule has 4 aromatic rings. The molecule has 0 atom stereocenters. The first-order chi connectivity index (χ1) is 11.7. The Morgan fingerprint density at radius 3 is 2.42 bits per heavy atom. The first kappa shape index (κ1) is 14.3. The molecule has 0 saturated carbocycles. The second kappa shape index (κ2) is 5.70. The van der Waals surface area contributed by atoms with E-state index in [1.807, 2.05) is 59.4 Å². The van der Waals surface area contributed by atoms with Gasteiger partial charge < -0.3 is 9.94 Å². The van der Waals surface area contributed by atoms with Gasteiger partial charge >= 0.3 is 0 Å². The predicted molar refractivity (Wildman–Crippen MR) is 92.0 cm³/mol. The first-order valence-electron chi connectivity index (χ1n) is 7.55. The summed E-state index contributed by atoms with van der Waals surface area (Å²) in [5.74, 6) is 0.819. The van der Waals surface area contributed by atoms with Crippen LogP contribution >= 0.6 is 0 Å². The number of ether oxygens (including phenoxy) is 1. The zero-order valence-corrected chi connectivity index (χ0v) is 13.1. The molecular formula is C19H15N3O2. The van der Waals surface area contributed by atoms with E-state index in [9.17, 15) is 5.21 Å². The summed E-state index contributed by atoms with van der Waals surface area (Å²) in [5, 5.41) is 11.2. The van der Waals surface area contributed by atoms with Gasteiger partial charge in [0, 0.05) is 17.8 Å². The van der Waals surface area contributed by atoms with Gasteiger partial charge in [0.2, 0.25) is 0 Å². The van der Waals surface area contributed by atoms with E-state index < -0.39 is 0 Å². The summed E-state index contributed by atoms with van der Waals surface area (Å²) in [4.78, 5) is 4.46. The van der Waals surface area contributed by atoms with E-state index in [4.69, 9.17) is 4.74 Å². The van der Waals surface area contributed by atoms with Crippen LogP contribution in [0.2, 0.25) is 0 Å². The fourth-order valence-electron chi connectivity index (χ4n) is 2.74. The van der Waals surface area contributed by atoms with Crippen LogP contribution in [0, 0.1) is 5.21 Å². The highest BCUT2D eigenvalue weighted by molar-refractivity contribution is 5.83. The van der Waals surface area contributed by atoms with Gasteiger partial charge in [-0.2, -0.15) is 4.73 Å². The van der Waals surface area contributed by atoms with E-state index in [2.05, 4.69) is 11.1 Å². The van der Waals surface area contributed by atoms with E-state index in [0.29, 0.717) is 0 Å². The molecule has 0 amide bonds. The molecule has 0 fully saturated rings. The Morgan fingerprint density at radius 2 is 1.71 bits per heavy atom. The molecule has 2 aromatic carbocycles. The maximum absolute atomic E-state index is 11.2. The molecule has 2 heterocycles. The van der Waals surface area contributed by atoms with Gasteiger partial charge in [0.15, 0.2) is 12.4 Å². The number of nitrogens with zero attached hydrogens (tertiary/aromatic N) is 3. The van der Waals surface area contributed by atoms with Gasteiger partial charge in [0.25, 0.3) is 0 Å². The largest absolute Gasteiger partial charge is 0.619 e. The maximum atomic E-state index is 11.2. The predicted octanol–water partition coefficient (Wildman–Crippen LogP) is 3.33. The summed E-state index contributed by atoms with van der Waals surface area (Å²) in [5.41, 5.74) is 4.98. The van der Waals surface area contributed by atoms with Crippen molar-refractivity contribution in [2.24, 2.45) is 0 Å². The lowest BCUT2D eigenvalue weighted by Crippen LogP contribution is -2.23. The van der Waals surface area contributed by atoms with Gasteiger partial charge in [0.1, 0.15) is 12.1 Å². The first-order valence-corrected chi connectivity index (χ1v) is 7.55. The molecule has 5 nitrogen and oxygen atoms in total. The second-order valence-electron chi connectivity index (χ2n) is 5.46. The molecule has 0 N–H and O–H groups in total. The van der Waals surface area contributed by atoms with Crippen molar-refractivity contribution in [3.8, 4) is 22.6 Å². The fourth-order valence-corrected chi connectivity index (χ4v) is 2.74. The Bertz CT molecular complexity index is 989. The van der Waals surface area contributed by atoms with Crippen LogP contribution in [0.1, 0.15) is 0 Å². The van der Waals surface area contributed by atoms with E-state index in [0.717, 1.165) is 38.3 Å². The SMILES string of the molecule is COc1ccc(-n2cnc3ccc(-c4cc[n+]([O-])cc4)cc32)cc1. The van der Waals surface area contributed by atoms with Gasteiger partial charge in [-0.05, 0) is 47.5 Å². The summed E-state index contributed by atoms with van der Waals surface area (Å²) in [6.45, 7) is 0.